The summed E-state index contributed by atoms with van der Waals surface area (Å²) in [6.45, 7) is 11.8. The van der Waals surface area contributed by atoms with Crippen LogP contribution in [0.15, 0.2) is 24.3 Å². The van der Waals surface area contributed by atoms with Crippen molar-refractivity contribution in [2.24, 2.45) is 0 Å². The average Bonchev–Trinajstić information content (AvgIpc) is 2.30. The summed E-state index contributed by atoms with van der Waals surface area (Å²) in [5.74, 6) is 0. The Hall–Kier alpha value is -1.02. The maximum absolute atomic E-state index is 5.32. The van der Waals surface area contributed by atoms with Gasteiger partial charge in [0.05, 0.1) is 6.61 Å². The molecule has 0 heterocycles. The van der Waals surface area contributed by atoms with Gasteiger partial charge in [-0.1, -0.05) is 26.0 Å². The van der Waals surface area contributed by atoms with Gasteiger partial charge in [-0.25, -0.2) is 0 Å². The Balaban J connectivity index is 0. The Morgan fingerprint density at radius 3 is 2.19 bits per heavy atom. The molecule has 16 heavy (non-hydrogen) atoms. The standard InChI is InChI=1S/C12H19NO.C2H6.H2/c1-4-14-9-11-5-7-12(8-6-11)13-10(2)3;1-2;/h5-8,10,13H,4,9H2,1-3H3;1-2H3;1H. The van der Waals surface area contributed by atoms with Crippen molar-refractivity contribution in [3.05, 3.63) is 29.8 Å². The van der Waals surface area contributed by atoms with Crippen molar-refractivity contribution in [3.8, 4) is 0 Å². The fraction of sp³-hybridized carbons (Fsp3) is 0.571. The van der Waals surface area contributed by atoms with Crippen molar-refractivity contribution in [1.82, 2.24) is 0 Å². The summed E-state index contributed by atoms with van der Waals surface area (Å²) >= 11 is 0. The van der Waals surface area contributed by atoms with Crippen molar-refractivity contribution in [1.29, 1.82) is 0 Å². The summed E-state index contributed by atoms with van der Waals surface area (Å²) in [7, 11) is 0. The SMILES string of the molecule is CC.CCOCc1ccc(NC(C)C)cc1.[HH]. The van der Waals surface area contributed by atoms with Crippen molar-refractivity contribution >= 4 is 5.69 Å². The highest BCUT2D eigenvalue weighted by atomic mass is 16.5. The molecule has 2 nitrogen and oxygen atoms in total. The van der Waals surface area contributed by atoms with Crippen LogP contribution in [0.1, 0.15) is 41.6 Å². The van der Waals surface area contributed by atoms with Crippen LogP contribution in [0, 0.1) is 0 Å². The molecule has 0 radical (unpaired) electrons. The summed E-state index contributed by atoms with van der Waals surface area (Å²) in [5.41, 5.74) is 2.39. The molecule has 1 aromatic carbocycles. The highest BCUT2D eigenvalue weighted by molar-refractivity contribution is 5.45. The van der Waals surface area contributed by atoms with Crippen LogP contribution in [-0.4, -0.2) is 12.6 Å². The minimum Gasteiger partial charge on any atom is -0.383 e. The molecule has 0 atom stereocenters. The van der Waals surface area contributed by atoms with Gasteiger partial charge in [-0.05, 0) is 38.5 Å². The first kappa shape index (κ1) is 15.0. The lowest BCUT2D eigenvalue weighted by Gasteiger charge is -2.10. The molecule has 0 amide bonds. The quantitative estimate of drug-likeness (QED) is 0.806. The van der Waals surface area contributed by atoms with Gasteiger partial charge in [0, 0.05) is 19.8 Å². The van der Waals surface area contributed by atoms with Gasteiger partial charge < -0.3 is 10.1 Å². The van der Waals surface area contributed by atoms with E-state index in [1.165, 1.54) is 11.3 Å². The summed E-state index contributed by atoms with van der Waals surface area (Å²) in [4.78, 5) is 0. The number of hydrogen-bond acceptors (Lipinski definition) is 2. The van der Waals surface area contributed by atoms with Gasteiger partial charge >= 0.3 is 0 Å². The first-order valence-corrected chi connectivity index (χ1v) is 6.15. The van der Waals surface area contributed by atoms with E-state index < -0.39 is 0 Å². The molecule has 0 unspecified atom stereocenters. The van der Waals surface area contributed by atoms with E-state index in [9.17, 15) is 0 Å². The molecule has 0 aliphatic carbocycles. The van der Waals surface area contributed by atoms with Crippen molar-refractivity contribution in [2.45, 2.75) is 47.3 Å². The molecule has 1 N–H and O–H groups in total. The van der Waals surface area contributed by atoms with Crippen LogP contribution in [0.2, 0.25) is 0 Å². The van der Waals surface area contributed by atoms with E-state index in [2.05, 4.69) is 43.4 Å². The Morgan fingerprint density at radius 2 is 1.75 bits per heavy atom. The van der Waals surface area contributed by atoms with E-state index >= 15 is 0 Å². The number of rotatable bonds is 5. The lowest BCUT2D eigenvalue weighted by molar-refractivity contribution is 0.134. The molecule has 0 fully saturated rings. The second kappa shape index (κ2) is 9.22. The van der Waals surface area contributed by atoms with Gasteiger partial charge in [0.1, 0.15) is 0 Å². The first-order chi connectivity index (χ1) is 7.72. The zero-order valence-electron chi connectivity index (χ0n) is 11.2. The molecule has 0 aliphatic rings. The van der Waals surface area contributed by atoms with Crippen molar-refractivity contribution in [2.75, 3.05) is 11.9 Å². The predicted octanol–water partition coefficient (Wildman–Crippen LogP) is 4.32. The highest BCUT2D eigenvalue weighted by Gasteiger charge is 1.95. The summed E-state index contributed by atoms with van der Waals surface area (Å²) in [5, 5.41) is 3.35. The highest BCUT2D eigenvalue weighted by Crippen LogP contribution is 2.11. The molecule has 94 valence electrons. The molecular weight excluding hydrogens is 198 g/mol. The lowest BCUT2D eigenvalue weighted by atomic mass is 10.2. The van der Waals surface area contributed by atoms with Crippen LogP contribution in [0.5, 0.6) is 0 Å². The Labute approximate surface area is 102 Å². The molecule has 0 bridgehead atoms. The number of anilines is 1. The van der Waals surface area contributed by atoms with Crippen molar-refractivity contribution in [3.63, 3.8) is 0 Å². The van der Waals surface area contributed by atoms with Crippen LogP contribution in [0.4, 0.5) is 5.69 Å². The number of hydrogen-bond donors (Lipinski definition) is 1. The number of benzene rings is 1. The zero-order valence-corrected chi connectivity index (χ0v) is 11.2. The Kier molecular flexibility index (Phi) is 8.64. The fourth-order valence-corrected chi connectivity index (χ4v) is 1.25. The summed E-state index contributed by atoms with van der Waals surface area (Å²) in [6, 6.07) is 8.86. The number of ether oxygens (including phenoxy) is 1. The molecule has 0 aliphatic heterocycles. The third-order valence-electron chi connectivity index (χ3n) is 1.88. The Bertz CT molecular complexity index is 259. The minimum atomic E-state index is 0. The van der Waals surface area contributed by atoms with Gasteiger partial charge in [0.15, 0.2) is 0 Å². The lowest BCUT2D eigenvalue weighted by Crippen LogP contribution is -2.09. The normalized spacial score (nSPS) is 9.62. The predicted molar refractivity (Wildman–Crippen MR) is 74.0 cm³/mol. The molecule has 0 spiro atoms. The molecule has 1 rings (SSSR count). The monoisotopic (exact) mass is 225 g/mol. The average molecular weight is 225 g/mol. The van der Waals surface area contributed by atoms with Crippen molar-refractivity contribution < 1.29 is 6.16 Å². The minimum absolute atomic E-state index is 0. The third-order valence-corrected chi connectivity index (χ3v) is 1.88. The third kappa shape index (κ3) is 6.46. The van der Waals surface area contributed by atoms with E-state index in [0.717, 1.165) is 6.61 Å². The van der Waals surface area contributed by atoms with E-state index in [4.69, 9.17) is 4.74 Å². The van der Waals surface area contributed by atoms with E-state index in [-0.39, 0.29) is 1.43 Å². The van der Waals surface area contributed by atoms with Gasteiger partial charge in [0.2, 0.25) is 0 Å². The van der Waals surface area contributed by atoms with Crippen LogP contribution in [0.3, 0.4) is 0 Å². The molecular formula is C14H27NO. The maximum Gasteiger partial charge on any atom is 0.0716 e. The topological polar surface area (TPSA) is 21.3 Å². The molecule has 0 saturated heterocycles. The second-order valence-corrected chi connectivity index (χ2v) is 3.63. The van der Waals surface area contributed by atoms with Gasteiger partial charge in [0.25, 0.3) is 0 Å². The van der Waals surface area contributed by atoms with Gasteiger partial charge in [-0.3, -0.25) is 0 Å². The van der Waals surface area contributed by atoms with Crippen LogP contribution in [0.25, 0.3) is 0 Å². The molecule has 1 aromatic rings. The van der Waals surface area contributed by atoms with Crippen LogP contribution < -0.4 is 5.32 Å². The second-order valence-electron chi connectivity index (χ2n) is 3.63. The first-order valence-electron chi connectivity index (χ1n) is 6.15. The summed E-state index contributed by atoms with van der Waals surface area (Å²) in [6.07, 6.45) is 0. The molecule has 2 heteroatoms. The van der Waals surface area contributed by atoms with Crippen LogP contribution in [-0.2, 0) is 11.3 Å². The van der Waals surface area contributed by atoms with Crippen LogP contribution >= 0.6 is 0 Å². The largest absolute Gasteiger partial charge is 0.383 e. The van der Waals surface area contributed by atoms with Gasteiger partial charge in [-0.2, -0.15) is 0 Å². The fourth-order valence-electron chi connectivity index (χ4n) is 1.25. The molecule has 0 aromatic heterocycles. The maximum atomic E-state index is 5.32. The Morgan fingerprint density at radius 1 is 1.19 bits per heavy atom. The smallest absolute Gasteiger partial charge is 0.0716 e. The summed E-state index contributed by atoms with van der Waals surface area (Å²) < 4.78 is 5.32. The van der Waals surface area contributed by atoms with Gasteiger partial charge in [-0.15, -0.1) is 0 Å². The van der Waals surface area contributed by atoms with E-state index in [0.29, 0.717) is 12.6 Å². The number of nitrogens with one attached hydrogen (secondary N) is 1. The zero-order chi connectivity index (χ0) is 12.4. The molecule has 0 saturated carbocycles. The van der Waals surface area contributed by atoms with E-state index in [1.807, 2.05) is 20.8 Å². The van der Waals surface area contributed by atoms with E-state index in [1.54, 1.807) is 0 Å².